The molecule has 21 heavy (non-hydrogen) atoms. The summed E-state index contributed by atoms with van der Waals surface area (Å²) in [5.41, 5.74) is 1.12. The van der Waals surface area contributed by atoms with Crippen molar-refractivity contribution in [1.82, 2.24) is 5.32 Å². The Morgan fingerprint density at radius 1 is 1.57 bits per heavy atom. The number of hydrogen-bond donors (Lipinski definition) is 2. The molecule has 0 saturated carbocycles. The molecule has 2 N–H and O–H groups in total. The van der Waals surface area contributed by atoms with Gasteiger partial charge in [-0.2, -0.15) is 0 Å². The van der Waals surface area contributed by atoms with E-state index in [1.54, 1.807) is 12.1 Å². The molecule has 5 heteroatoms. The number of methoxy groups -OCH3 is 1. The Morgan fingerprint density at radius 3 is 2.90 bits per heavy atom. The quantitative estimate of drug-likeness (QED) is 0.874. The van der Waals surface area contributed by atoms with Crippen molar-refractivity contribution in [2.75, 3.05) is 20.3 Å². The maximum Gasteiger partial charge on any atom is 0.255 e. The second-order valence-electron chi connectivity index (χ2n) is 5.48. The minimum atomic E-state index is -0.270. The number of ether oxygens (including phenoxy) is 2. The van der Waals surface area contributed by atoms with Crippen molar-refractivity contribution in [2.24, 2.45) is 5.92 Å². The Labute approximate surface area is 125 Å². The predicted octanol–water partition coefficient (Wildman–Crippen LogP) is 2.25. The molecule has 1 saturated heterocycles. The molecule has 1 heterocycles. The first kappa shape index (κ1) is 15.6. The van der Waals surface area contributed by atoms with Gasteiger partial charge in [-0.25, -0.2) is 0 Å². The van der Waals surface area contributed by atoms with E-state index in [9.17, 15) is 9.90 Å². The molecular weight excluding hydrogens is 270 g/mol. The molecule has 1 aliphatic heterocycles. The Morgan fingerprint density at radius 2 is 2.33 bits per heavy atom. The molecule has 5 nitrogen and oxygen atoms in total. The van der Waals surface area contributed by atoms with Gasteiger partial charge in [0.15, 0.2) is 11.5 Å². The van der Waals surface area contributed by atoms with Crippen LogP contribution in [0.4, 0.5) is 0 Å². The standard InChI is InChI=1S/C16H23NO4/c1-4-13(11-5-6-21-9-11)17-16(19)12-7-10(2)8-14(20-3)15(12)18/h7-8,11,13,18H,4-6,9H2,1-3H3,(H,17,19)/t11-,13-/m1/s1. The number of nitrogens with one attached hydrogen (secondary N) is 1. The minimum absolute atomic E-state index is 0.0610. The van der Waals surface area contributed by atoms with E-state index in [0.29, 0.717) is 18.3 Å². The number of carbonyl (C=O) groups is 1. The smallest absolute Gasteiger partial charge is 0.255 e. The van der Waals surface area contributed by atoms with Gasteiger partial charge in [0.25, 0.3) is 5.91 Å². The third-order valence-electron chi connectivity index (χ3n) is 3.97. The zero-order chi connectivity index (χ0) is 15.4. The number of phenols is 1. The van der Waals surface area contributed by atoms with Gasteiger partial charge < -0.3 is 19.9 Å². The van der Waals surface area contributed by atoms with E-state index in [1.165, 1.54) is 7.11 Å². The SMILES string of the molecule is CC[C@@H](NC(=O)c1cc(C)cc(OC)c1O)[C@@H]1CCOC1. The lowest BCUT2D eigenvalue weighted by atomic mass is 9.96. The van der Waals surface area contributed by atoms with Crippen molar-refractivity contribution in [2.45, 2.75) is 32.7 Å². The molecule has 1 amide bonds. The molecule has 1 aromatic carbocycles. The Kier molecular flexibility index (Phi) is 5.07. The van der Waals surface area contributed by atoms with Crippen LogP contribution in [0, 0.1) is 12.8 Å². The molecule has 0 aliphatic carbocycles. The van der Waals surface area contributed by atoms with Gasteiger partial charge in [-0.1, -0.05) is 6.92 Å². The van der Waals surface area contributed by atoms with Crippen LogP contribution in [0.15, 0.2) is 12.1 Å². The third-order valence-corrected chi connectivity index (χ3v) is 3.97. The van der Waals surface area contributed by atoms with Gasteiger partial charge in [0.2, 0.25) is 0 Å². The molecule has 0 aromatic heterocycles. The molecule has 0 radical (unpaired) electrons. The fraction of sp³-hybridized carbons (Fsp3) is 0.562. The summed E-state index contributed by atoms with van der Waals surface area (Å²) in [5.74, 6) is 0.275. The largest absolute Gasteiger partial charge is 0.504 e. The summed E-state index contributed by atoms with van der Waals surface area (Å²) >= 11 is 0. The number of aromatic hydroxyl groups is 1. The molecule has 1 aromatic rings. The van der Waals surface area contributed by atoms with Gasteiger partial charge in [0, 0.05) is 18.6 Å². The highest BCUT2D eigenvalue weighted by molar-refractivity contribution is 5.98. The van der Waals surface area contributed by atoms with Crippen molar-refractivity contribution in [1.29, 1.82) is 0 Å². The van der Waals surface area contributed by atoms with Crippen LogP contribution in [-0.2, 0) is 4.74 Å². The number of rotatable bonds is 5. The molecule has 0 bridgehead atoms. The van der Waals surface area contributed by atoms with Crippen LogP contribution in [0.5, 0.6) is 11.5 Å². The average Bonchev–Trinajstić information content (AvgIpc) is 3.00. The second-order valence-corrected chi connectivity index (χ2v) is 5.48. The van der Waals surface area contributed by atoms with Crippen molar-refractivity contribution >= 4 is 5.91 Å². The summed E-state index contributed by atoms with van der Waals surface area (Å²) in [5, 5.41) is 13.1. The highest BCUT2D eigenvalue weighted by Crippen LogP contribution is 2.31. The number of phenolic OH excluding ortho intramolecular Hbond substituents is 1. The van der Waals surface area contributed by atoms with Gasteiger partial charge in [0.1, 0.15) is 0 Å². The first-order valence-corrected chi connectivity index (χ1v) is 7.33. The van der Waals surface area contributed by atoms with Gasteiger partial charge in [-0.15, -0.1) is 0 Å². The third kappa shape index (κ3) is 3.47. The molecule has 116 valence electrons. The number of hydrogen-bond acceptors (Lipinski definition) is 4. The maximum absolute atomic E-state index is 12.4. The van der Waals surface area contributed by atoms with Gasteiger partial charge in [-0.3, -0.25) is 4.79 Å². The molecule has 1 fully saturated rings. The summed E-state index contributed by atoms with van der Waals surface area (Å²) in [6, 6.07) is 3.44. The highest BCUT2D eigenvalue weighted by Gasteiger charge is 2.27. The van der Waals surface area contributed by atoms with Crippen molar-refractivity contribution in [3.05, 3.63) is 23.3 Å². The van der Waals surface area contributed by atoms with Crippen molar-refractivity contribution < 1.29 is 19.4 Å². The summed E-state index contributed by atoms with van der Waals surface area (Å²) in [4.78, 5) is 12.4. The van der Waals surface area contributed by atoms with Crippen LogP contribution < -0.4 is 10.1 Å². The van der Waals surface area contributed by atoms with E-state index in [4.69, 9.17) is 9.47 Å². The topological polar surface area (TPSA) is 67.8 Å². The number of carbonyl (C=O) groups excluding carboxylic acids is 1. The fourth-order valence-corrected chi connectivity index (χ4v) is 2.74. The second kappa shape index (κ2) is 6.80. The van der Waals surface area contributed by atoms with Crippen LogP contribution in [-0.4, -0.2) is 37.4 Å². The molecule has 0 unspecified atom stereocenters. The average molecular weight is 293 g/mol. The lowest BCUT2D eigenvalue weighted by molar-refractivity contribution is 0.0911. The van der Waals surface area contributed by atoms with E-state index in [2.05, 4.69) is 5.32 Å². The first-order chi connectivity index (χ1) is 10.1. The summed E-state index contributed by atoms with van der Waals surface area (Å²) in [6.07, 6.45) is 1.80. The maximum atomic E-state index is 12.4. The molecule has 1 aliphatic rings. The van der Waals surface area contributed by atoms with Crippen LogP contribution >= 0.6 is 0 Å². The zero-order valence-corrected chi connectivity index (χ0v) is 12.8. The van der Waals surface area contributed by atoms with E-state index in [1.807, 2.05) is 13.8 Å². The highest BCUT2D eigenvalue weighted by atomic mass is 16.5. The van der Waals surface area contributed by atoms with Crippen LogP contribution in [0.2, 0.25) is 0 Å². The normalized spacial score (nSPS) is 19.3. The van der Waals surface area contributed by atoms with Gasteiger partial charge in [-0.05, 0) is 37.5 Å². The number of benzene rings is 1. The lowest BCUT2D eigenvalue weighted by Crippen LogP contribution is -2.40. The van der Waals surface area contributed by atoms with E-state index < -0.39 is 0 Å². The molecule has 2 atom stereocenters. The van der Waals surface area contributed by atoms with Crippen LogP contribution in [0.1, 0.15) is 35.7 Å². The van der Waals surface area contributed by atoms with Gasteiger partial charge in [0.05, 0.1) is 19.3 Å². The van der Waals surface area contributed by atoms with Crippen molar-refractivity contribution in [3.63, 3.8) is 0 Å². The van der Waals surface area contributed by atoms with Gasteiger partial charge >= 0.3 is 0 Å². The Hall–Kier alpha value is -1.75. The lowest BCUT2D eigenvalue weighted by Gasteiger charge is -2.22. The van der Waals surface area contributed by atoms with Crippen LogP contribution in [0.25, 0.3) is 0 Å². The predicted molar refractivity (Wildman–Crippen MR) is 79.9 cm³/mol. The summed E-state index contributed by atoms with van der Waals surface area (Å²) < 4.78 is 10.5. The first-order valence-electron chi connectivity index (χ1n) is 7.33. The fourth-order valence-electron chi connectivity index (χ4n) is 2.74. The van der Waals surface area contributed by atoms with E-state index in [-0.39, 0.29) is 23.3 Å². The minimum Gasteiger partial charge on any atom is -0.504 e. The van der Waals surface area contributed by atoms with E-state index in [0.717, 1.165) is 25.0 Å². The molecule has 0 spiro atoms. The Bertz CT molecular complexity index is 509. The van der Waals surface area contributed by atoms with E-state index >= 15 is 0 Å². The number of amides is 1. The zero-order valence-electron chi connectivity index (χ0n) is 12.8. The monoisotopic (exact) mass is 293 g/mol. The van der Waals surface area contributed by atoms with Crippen LogP contribution in [0.3, 0.4) is 0 Å². The summed E-state index contributed by atoms with van der Waals surface area (Å²) in [7, 11) is 1.47. The summed E-state index contributed by atoms with van der Waals surface area (Å²) in [6.45, 7) is 5.34. The van der Waals surface area contributed by atoms with Crippen molar-refractivity contribution in [3.8, 4) is 11.5 Å². The Balaban J connectivity index is 2.17. The number of aryl methyl sites for hydroxylation is 1. The molecule has 2 rings (SSSR count). The molecular formula is C16H23NO4.